The fourth-order valence-electron chi connectivity index (χ4n) is 2.77. The van der Waals surface area contributed by atoms with Crippen molar-refractivity contribution in [1.82, 2.24) is 5.12 Å². The van der Waals surface area contributed by atoms with E-state index in [9.17, 15) is 14.1 Å². The highest BCUT2D eigenvalue weighted by molar-refractivity contribution is 7.13. The molecule has 0 aliphatic rings. The number of rotatable bonds is 6. The van der Waals surface area contributed by atoms with Gasteiger partial charge in [-0.15, -0.1) is 11.3 Å². The fourth-order valence-corrected chi connectivity index (χ4v) is 3.49. The van der Waals surface area contributed by atoms with Crippen LogP contribution in [0.2, 0.25) is 0 Å². The van der Waals surface area contributed by atoms with E-state index in [1.807, 2.05) is 29.6 Å². The van der Waals surface area contributed by atoms with Crippen LogP contribution in [0.1, 0.15) is 29.8 Å². The van der Waals surface area contributed by atoms with Crippen molar-refractivity contribution in [2.75, 3.05) is 11.1 Å². The number of anilines is 2. The van der Waals surface area contributed by atoms with Crippen LogP contribution in [0.15, 0.2) is 60.0 Å². The normalized spacial score (nSPS) is 10.8. The van der Waals surface area contributed by atoms with Crippen LogP contribution >= 0.6 is 11.3 Å². The average molecular weight is 412 g/mol. The van der Waals surface area contributed by atoms with E-state index in [0.29, 0.717) is 22.5 Å². The molecule has 0 aliphatic heterocycles. The van der Waals surface area contributed by atoms with Gasteiger partial charge in [0.05, 0.1) is 23.8 Å². The number of thiophene rings is 1. The number of halogens is 1. The van der Waals surface area contributed by atoms with E-state index >= 15 is 0 Å². The van der Waals surface area contributed by atoms with Crippen molar-refractivity contribution >= 4 is 34.5 Å². The minimum absolute atomic E-state index is 0.0631. The van der Waals surface area contributed by atoms with E-state index in [1.54, 1.807) is 55.5 Å². The van der Waals surface area contributed by atoms with Crippen LogP contribution in [0.4, 0.5) is 15.9 Å². The summed E-state index contributed by atoms with van der Waals surface area (Å²) in [5, 5.41) is 5.03. The monoisotopic (exact) mass is 411 g/mol. The number of nitrogens with zero attached hydrogens (tertiary/aromatic N) is 1. The highest BCUT2D eigenvalue weighted by atomic mass is 32.1. The number of hydrogen-bond acceptors (Lipinski definition) is 4. The smallest absolute Gasteiger partial charge is 0.255 e. The van der Waals surface area contributed by atoms with Gasteiger partial charge >= 0.3 is 0 Å². The molecular weight excluding hydrogens is 389 g/mol. The minimum Gasteiger partial charge on any atom is -0.397 e. The highest BCUT2D eigenvalue weighted by Crippen LogP contribution is 2.30. The summed E-state index contributed by atoms with van der Waals surface area (Å²) in [4.78, 5) is 25.5. The molecule has 3 aromatic rings. The van der Waals surface area contributed by atoms with Crippen LogP contribution in [-0.4, -0.2) is 23.0 Å². The zero-order valence-electron chi connectivity index (χ0n) is 16.2. The molecule has 0 aliphatic carbocycles. The molecule has 0 bridgehead atoms. The fraction of sp³-hybridized carbons (Fsp3) is 0.182. The Bertz CT molecular complexity index is 1000. The molecular formula is C22H22FN3O2S. The predicted octanol–water partition coefficient (Wildman–Crippen LogP) is 4.91. The van der Waals surface area contributed by atoms with Crippen molar-refractivity contribution in [3.05, 3.63) is 71.1 Å². The number of nitrogens with one attached hydrogen (secondary N) is 1. The maximum atomic E-state index is 13.6. The molecule has 5 nitrogen and oxygen atoms in total. The first-order chi connectivity index (χ1) is 13.8. The van der Waals surface area contributed by atoms with Gasteiger partial charge in [-0.3, -0.25) is 9.59 Å². The van der Waals surface area contributed by atoms with Crippen LogP contribution in [0.25, 0.3) is 10.4 Å². The Morgan fingerprint density at radius 3 is 2.48 bits per heavy atom. The molecule has 2 aromatic carbocycles. The number of benzene rings is 2. The summed E-state index contributed by atoms with van der Waals surface area (Å²) in [6.07, 6.45) is -0.0631. The van der Waals surface area contributed by atoms with E-state index in [2.05, 4.69) is 5.32 Å². The van der Waals surface area contributed by atoms with Gasteiger partial charge in [0.2, 0.25) is 0 Å². The lowest BCUT2D eigenvalue weighted by Crippen LogP contribution is -2.30. The first-order valence-corrected chi connectivity index (χ1v) is 10.0. The molecule has 2 amide bonds. The summed E-state index contributed by atoms with van der Waals surface area (Å²) < 4.78 is 13.6. The lowest BCUT2D eigenvalue weighted by molar-refractivity contribution is -0.149. The second kappa shape index (κ2) is 8.87. The molecule has 0 fully saturated rings. The lowest BCUT2D eigenvalue weighted by atomic mass is 10.1. The van der Waals surface area contributed by atoms with Crippen molar-refractivity contribution < 1.29 is 14.1 Å². The Balaban J connectivity index is 1.70. The van der Waals surface area contributed by atoms with Crippen molar-refractivity contribution in [3.8, 4) is 10.4 Å². The van der Waals surface area contributed by atoms with E-state index < -0.39 is 11.9 Å². The van der Waals surface area contributed by atoms with Crippen LogP contribution in [0.3, 0.4) is 0 Å². The van der Waals surface area contributed by atoms with Gasteiger partial charge in [-0.05, 0) is 60.7 Å². The molecule has 150 valence electrons. The van der Waals surface area contributed by atoms with Crippen LogP contribution in [0.5, 0.6) is 0 Å². The van der Waals surface area contributed by atoms with Crippen LogP contribution < -0.4 is 11.1 Å². The molecule has 3 rings (SSSR count). The Labute approximate surface area is 172 Å². The molecule has 0 spiro atoms. The first kappa shape index (κ1) is 20.5. The third kappa shape index (κ3) is 5.00. The number of nitrogens with two attached hydrogens (primary N) is 1. The SMILES string of the molecule is CC(C)N(F)C(=O)Cc1ccc(C(=O)Nc2cc(-c3cccs3)ccc2N)cc1. The van der Waals surface area contributed by atoms with Crippen LogP contribution in [-0.2, 0) is 11.2 Å². The number of nitrogen functional groups attached to an aromatic ring is 1. The van der Waals surface area contributed by atoms with E-state index in [1.165, 1.54) is 0 Å². The van der Waals surface area contributed by atoms with Crippen molar-refractivity contribution in [1.29, 1.82) is 0 Å². The van der Waals surface area contributed by atoms with Crippen molar-refractivity contribution in [2.45, 2.75) is 26.3 Å². The molecule has 0 saturated carbocycles. The van der Waals surface area contributed by atoms with Gasteiger partial charge in [0, 0.05) is 10.4 Å². The van der Waals surface area contributed by atoms with Gasteiger partial charge < -0.3 is 11.1 Å². The minimum atomic E-state index is -0.615. The zero-order valence-corrected chi connectivity index (χ0v) is 17.0. The molecule has 0 radical (unpaired) electrons. The lowest BCUT2D eigenvalue weighted by Gasteiger charge is -2.15. The maximum absolute atomic E-state index is 13.6. The first-order valence-electron chi connectivity index (χ1n) is 9.16. The topological polar surface area (TPSA) is 75.4 Å². The molecule has 0 unspecified atom stereocenters. The molecule has 0 saturated heterocycles. The van der Waals surface area contributed by atoms with Gasteiger partial charge in [-0.1, -0.05) is 28.7 Å². The van der Waals surface area contributed by atoms with Gasteiger partial charge in [0.15, 0.2) is 0 Å². The quantitative estimate of drug-likeness (QED) is 0.447. The van der Waals surface area contributed by atoms with E-state index in [4.69, 9.17) is 5.73 Å². The number of carbonyl (C=O) groups excluding carboxylic acids is 2. The Hall–Kier alpha value is -3.19. The van der Waals surface area contributed by atoms with Crippen molar-refractivity contribution in [3.63, 3.8) is 0 Å². The summed E-state index contributed by atoms with van der Waals surface area (Å²) in [7, 11) is 0. The largest absolute Gasteiger partial charge is 0.397 e. The standard InChI is InChI=1S/C22H22FN3O2S/c1-14(2)26(23)21(27)12-15-5-7-16(8-6-15)22(28)25-19-13-17(9-10-18(19)24)20-4-3-11-29-20/h3-11,13-14H,12,24H2,1-2H3,(H,25,28). The third-order valence-corrected chi connectivity index (χ3v) is 5.29. The van der Waals surface area contributed by atoms with Gasteiger partial charge in [-0.25, -0.2) is 0 Å². The van der Waals surface area contributed by atoms with Gasteiger partial charge in [0.25, 0.3) is 11.8 Å². The average Bonchev–Trinajstić information content (AvgIpc) is 3.24. The summed E-state index contributed by atoms with van der Waals surface area (Å²) in [5.74, 6) is -0.928. The van der Waals surface area contributed by atoms with E-state index in [-0.39, 0.29) is 17.5 Å². The highest BCUT2D eigenvalue weighted by Gasteiger charge is 2.17. The van der Waals surface area contributed by atoms with Gasteiger partial charge in [-0.2, -0.15) is 5.12 Å². The summed E-state index contributed by atoms with van der Waals surface area (Å²) >= 11 is 1.60. The second-order valence-electron chi connectivity index (χ2n) is 6.91. The Morgan fingerprint density at radius 2 is 1.86 bits per heavy atom. The Kier molecular flexibility index (Phi) is 6.29. The molecule has 7 heteroatoms. The molecule has 0 atom stereocenters. The molecule has 1 aromatic heterocycles. The predicted molar refractivity (Wildman–Crippen MR) is 115 cm³/mol. The summed E-state index contributed by atoms with van der Waals surface area (Å²) in [6.45, 7) is 3.20. The third-order valence-electron chi connectivity index (χ3n) is 4.37. The summed E-state index contributed by atoms with van der Waals surface area (Å²) in [6, 6.07) is 15.5. The van der Waals surface area contributed by atoms with Crippen molar-refractivity contribution in [2.24, 2.45) is 0 Å². The molecule has 1 heterocycles. The van der Waals surface area contributed by atoms with E-state index in [0.717, 1.165) is 10.4 Å². The Morgan fingerprint density at radius 1 is 1.14 bits per heavy atom. The van der Waals surface area contributed by atoms with Crippen LogP contribution in [0, 0.1) is 0 Å². The zero-order chi connectivity index (χ0) is 21.0. The number of hydrogen-bond donors (Lipinski definition) is 2. The number of carbonyl (C=O) groups is 2. The maximum Gasteiger partial charge on any atom is 0.255 e. The molecule has 3 N–H and O–H groups in total. The number of amides is 2. The summed E-state index contributed by atoms with van der Waals surface area (Å²) in [5.41, 5.74) is 9.04. The molecule has 29 heavy (non-hydrogen) atoms. The second-order valence-corrected chi connectivity index (χ2v) is 7.85. The van der Waals surface area contributed by atoms with Gasteiger partial charge in [0.1, 0.15) is 0 Å².